The van der Waals surface area contributed by atoms with E-state index in [1.165, 1.54) is 11.9 Å². The number of amides is 2. The maximum Gasteiger partial charge on any atom is 0.268 e. The maximum atomic E-state index is 12.7. The van der Waals surface area contributed by atoms with Crippen LogP contribution in [0, 0.1) is 11.3 Å². The summed E-state index contributed by atoms with van der Waals surface area (Å²) in [4.78, 5) is 26.7. The SMILES string of the molecule is CN(C(=O)CN1C(=O)c2ccccc2CS1(=O)=O)C1(C#N)CCCCC1. The average Bonchev–Trinajstić information content (AvgIpc) is 2.64. The van der Waals surface area contributed by atoms with E-state index in [4.69, 9.17) is 0 Å². The zero-order valence-electron chi connectivity index (χ0n) is 14.6. The minimum atomic E-state index is -3.92. The smallest absolute Gasteiger partial charge is 0.268 e. The highest BCUT2D eigenvalue weighted by Crippen LogP contribution is 2.33. The van der Waals surface area contributed by atoms with Gasteiger partial charge in [-0.3, -0.25) is 9.59 Å². The lowest BCUT2D eigenvalue weighted by molar-refractivity contribution is -0.134. The molecule has 0 unspecified atom stereocenters. The predicted octanol–water partition coefficient (Wildman–Crippen LogP) is 1.66. The Morgan fingerprint density at radius 2 is 1.92 bits per heavy atom. The van der Waals surface area contributed by atoms with Gasteiger partial charge in [-0.25, -0.2) is 12.7 Å². The molecule has 0 bridgehead atoms. The summed E-state index contributed by atoms with van der Waals surface area (Å²) in [6.45, 7) is -0.574. The molecular formula is C18H21N3O4S. The monoisotopic (exact) mass is 375 g/mol. The molecule has 0 N–H and O–H groups in total. The van der Waals surface area contributed by atoms with Crippen molar-refractivity contribution in [1.29, 1.82) is 5.26 Å². The maximum absolute atomic E-state index is 12.7. The second kappa shape index (κ2) is 6.72. The van der Waals surface area contributed by atoms with Crippen LogP contribution >= 0.6 is 0 Å². The van der Waals surface area contributed by atoms with Crippen LogP contribution in [-0.2, 0) is 20.6 Å². The highest BCUT2D eigenvalue weighted by molar-refractivity contribution is 7.89. The molecule has 1 aromatic carbocycles. The molecule has 0 spiro atoms. The lowest BCUT2D eigenvalue weighted by Crippen LogP contribution is -2.54. The molecule has 26 heavy (non-hydrogen) atoms. The molecule has 0 saturated heterocycles. The van der Waals surface area contributed by atoms with E-state index >= 15 is 0 Å². The Bertz CT molecular complexity index is 882. The third kappa shape index (κ3) is 3.07. The van der Waals surface area contributed by atoms with Gasteiger partial charge in [0.15, 0.2) is 0 Å². The van der Waals surface area contributed by atoms with Crippen LogP contribution < -0.4 is 0 Å². The van der Waals surface area contributed by atoms with Crippen LogP contribution in [0.15, 0.2) is 24.3 Å². The molecule has 2 amide bonds. The Morgan fingerprint density at radius 3 is 2.58 bits per heavy atom. The van der Waals surface area contributed by atoms with Crippen LogP contribution in [0.25, 0.3) is 0 Å². The number of sulfonamides is 1. The molecule has 1 saturated carbocycles. The number of carbonyl (C=O) groups excluding carboxylic acids is 2. The summed E-state index contributed by atoms with van der Waals surface area (Å²) >= 11 is 0. The van der Waals surface area contributed by atoms with Crippen molar-refractivity contribution >= 4 is 21.8 Å². The number of hydrogen-bond donors (Lipinski definition) is 0. The van der Waals surface area contributed by atoms with Crippen LogP contribution in [0.4, 0.5) is 0 Å². The van der Waals surface area contributed by atoms with Crippen LogP contribution in [0.2, 0.25) is 0 Å². The Kier molecular flexibility index (Phi) is 4.76. The first-order valence-corrected chi connectivity index (χ1v) is 10.2. The van der Waals surface area contributed by atoms with Gasteiger partial charge in [0, 0.05) is 12.6 Å². The molecule has 0 aromatic heterocycles. The third-order valence-electron chi connectivity index (χ3n) is 5.33. The van der Waals surface area contributed by atoms with Crippen molar-refractivity contribution in [2.24, 2.45) is 0 Å². The number of hydrogen-bond acceptors (Lipinski definition) is 5. The van der Waals surface area contributed by atoms with Crippen molar-refractivity contribution in [3.63, 3.8) is 0 Å². The van der Waals surface area contributed by atoms with Gasteiger partial charge in [0.05, 0.1) is 11.8 Å². The summed E-state index contributed by atoms with van der Waals surface area (Å²) < 4.78 is 25.7. The fourth-order valence-electron chi connectivity index (χ4n) is 3.69. The van der Waals surface area contributed by atoms with E-state index in [9.17, 15) is 23.3 Å². The summed E-state index contributed by atoms with van der Waals surface area (Å²) in [5.41, 5.74) is -0.184. The van der Waals surface area contributed by atoms with Gasteiger partial charge in [0.25, 0.3) is 5.91 Å². The van der Waals surface area contributed by atoms with E-state index in [2.05, 4.69) is 6.07 Å². The molecule has 8 heteroatoms. The second-order valence-electron chi connectivity index (χ2n) is 6.88. The topological polar surface area (TPSA) is 98.6 Å². The molecule has 0 radical (unpaired) electrons. The molecule has 1 aromatic rings. The van der Waals surface area contributed by atoms with Crippen molar-refractivity contribution in [3.8, 4) is 6.07 Å². The van der Waals surface area contributed by atoms with Crippen molar-refractivity contribution < 1.29 is 18.0 Å². The fourth-order valence-corrected chi connectivity index (χ4v) is 5.15. The first-order valence-electron chi connectivity index (χ1n) is 8.61. The number of carbonyl (C=O) groups is 2. The quantitative estimate of drug-likeness (QED) is 0.800. The molecular weight excluding hydrogens is 354 g/mol. The van der Waals surface area contributed by atoms with Gasteiger partial charge in [-0.15, -0.1) is 0 Å². The van der Waals surface area contributed by atoms with Crippen LogP contribution in [0.5, 0.6) is 0 Å². The molecule has 138 valence electrons. The number of nitrogens with zero attached hydrogens (tertiary/aromatic N) is 3. The van der Waals surface area contributed by atoms with Crippen molar-refractivity contribution in [2.45, 2.75) is 43.4 Å². The lowest BCUT2D eigenvalue weighted by atomic mass is 9.81. The van der Waals surface area contributed by atoms with Gasteiger partial charge >= 0.3 is 0 Å². The molecule has 7 nitrogen and oxygen atoms in total. The zero-order chi connectivity index (χ0) is 18.9. The average molecular weight is 375 g/mol. The predicted molar refractivity (Wildman–Crippen MR) is 94.3 cm³/mol. The molecule has 1 aliphatic carbocycles. The Balaban J connectivity index is 1.85. The summed E-state index contributed by atoms with van der Waals surface area (Å²) in [5, 5.41) is 9.61. The standard InChI is InChI=1S/C18H21N3O4S/c1-20(18(13-19)9-5-2-6-10-18)16(22)11-21-17(23)15-8-4-3-7-14(15)12-26(21,24)25/h3-4,7-8H,2,5-6,9-12H2,1H3. The summed E-state index contributed by atoms with van der Waals surface area (Å²) in [5.74, 6) is -1.54. The van der Waals surface area contributed by atoms with E-state index in [1.54, 1.807) is 24.3 Å². The Labute approximate surface area is 153 Å². The highest BCUT2D eigenvalue weighted by Gasteiger charge is 2.42. The van der Waals surface area contributed by atoms with E-state index in [-0.39, 0.29) is 5.75 Å². The van der Waals surface area contributed by atoms with Crippen molar-refractivity contribution in [1.82, 2.24) is 9.21 Å². The first-order chi connectivity index (χ1) is 12.3. The van der Waals surface area contributed by atoms with E-state index in [0.29, 0.717) is 28.3 Å². The number of benzene rings is 1. The van der Waals surface area contributed by atoms with Gasteiger partial charge in [-0.1, -0.05) is 37.5 Å². The number of rotatable bonds is 3. The Morgan fingerprint density at radius 1 is 1.27 bits per heavy atom. The first kappa shape index (κ1) is 18.4. The molecule has 0 atom stereocenters. The molecule has 1 heterocycles. The molecule has 1 aliphatic heterocycles. The van der Waals surface area contributed by atoms with Crippen molar-refractivity contribution in [2.75, 3.05) is 13.6 Å². The van der Waals surface area contributed by atoms with Gasteiger partial charge in [-0.2, -0.15) is 5.26 Å². The Hall–Kier alpha value is -2.40. The third-order valence-corrected chi connectivity index (χ3v) is 6.97. The zero-order valence-corrected chi connectivity index (χ0v) is 15.5. The summed E-state index contributed by atoms with van der Waals surface area (Å²) in [6.07, 6.45) is 3.84. The van der Waals surface area contributed by atoms with Gasteiger partial charge in [0.1, 0.15) is 12.1 Å². The number of nitriles is 1. The number of likely N-dealkylation sites (N-methyl/N-ethyl adjacent to an activating group) is 1. The van der Waals surface area contributed by atoms with Crippen LogP contribution in [0.1, 0.15) is 48.0 Å². The fraction of sp³-hybridized carbons (Fsp3) is 0.500. The van der Waals surface area contributed by atoms with E-state index in [1.807, 2.05) is 0 Å². The second-order valence-corrected chi connectivity index (χ2v) is 8.78. The molecule has 1 fully saturated rings. The summed E-state index contributed by atoms with van der Waals surface area (Å²) in [7, 11) is -2.40. The van der Waals surface area contributed by atoms with Crippen LogP contribution in [0.3, 0.4) is 0 Å². The molecule has 2 aliphatic rings. The number of fused-ring (bicyclic) bond motifs is 1. The van der Waals surface area contributed by atoms with Gasteiger partial charge in [-0.05, 0) is 24.5 Å². The minimum absolute atomic E-state index is 0.297. The minimum Gasteiger partial charge on any atom is -0.325 e. The highest BCUT2D eigenvalue weighted by atomic mass is 32.2. The normalized spacial score (nSPS) is 20.8. The largest absolute Gasteiger partial charge is 0.325 e. The van der Waals surface area contributed by atoms with E-state index in [0.717, 1.165) is 19.3 Å². The van der Waals surface area contributed by atoms with Gasteiger partial charge in [0.2, 0.25) is 15.9 Å². The lowest BCUT2D eigenvalue weighted by Gasteiger charge is -2.40. The van der Waals surface area contributed by atoms with E-state index < -0.39 is 33.9 Å². The molecule has 3 rings (SSSR count). The van der Waals surface area contributed by atoms with Gasteiger partial charge < -0.3 is 4.90 Å². The summed E-state index contributed by atoms with van der Waals surface area (Å²) in [6, 6.07) is 8.73. The van der Waals surface area contributed by atoms with Crippen molar-refractivity contribution in [3.05, 3.63) is 35.4 Å². The van der Waals surface area contributed by atoms with Crippen LogP contribution in [-0.4, -0.2) is 48.6 Å².